The van der Waals surface area contributed by atoms with Crippen molar-refractivity contribution in [2.75, 3.05) is 0 Å². The summed E-state index contributed by atoms with van der Waals surface area (Å²) in [4.78, 5) is 10.5. The molecule has 0 atom stereocenters. The second-order valence-corrected chi connectivity index (χ2v) is 4.34. The second-order valence-electron chi connectivity index (χ2n) is 4.34. The predicted molar refractivity (Wildman–Crippen MR) is 72.3 cm³/mol. The van der Waals surface area contributed by atoms with Gasteiger partial charge in [-0.05, 0) is 35.9 Å². The highest BCUT2D eigenvalue weighted by Gasteiger charge is 2.15. The SMILES string of the molecule is O=NCc1cc(O)ccc1-c1noc2cc(O)ccc12. The average Bonchev–Trinajstić information content (AvgIpc) is 2.82. The number of hydrogen-bond donors (Lipinski definition) is 2. The molecule has 0 bridgehead atoms. The first-order valence-corrected chi connectivity index (χ1v) is 5.89. The summed E-state index contributed by atoms with van der Waals surface area (Å²) < 4.78 is 5.17. The van der Waals surface area contributed by atoms with E-state index in [-0.39, 0.29) is 18.0 Å². The molecule has 6 nitrogen and oxygen atoms in total. The molecule has 2 aromatic carbocycles. The normalized spacial score (nSPS) is 10.8. The third-order valence-electron chi connectivity index (χ3n) is 3.03. The highest BCUT2D eigenvalue weighted by atomic mass is 16.5. The summed E-state index contributed by atoms with van der Waals surface area (Å²) in [5.74, 6) is 0.138. The zero-order valence-corrected chi connectivity index (χ0v) is 10.3. The average molecular weight is 270 g/mol. The van der Waals surface area contributed by atoms with Crippen LogP contribution in [0, 0.1) is 4.91 Å². The number of aromatic hydroxyl groups is 2. The van der Waals surface area contributed by atoms with Crippen LogP contribution in [0.1, 0.15) is 5.56 Å². The van der Waals surface area contributed by atoms with Crippen molar-refractivity contribution in [3.63, 3.8) is 0 Å². The highest BCUT2D eigenvalue weighted by molar-refractivity contribution is 5.93. The molecule has 0 amide bonds. The molecule has 1 aromatic heterocycles. The van der Waals surface area contributed by atoms with E-state index in [1.165, 1.54) is 24.3 Å². The van der Waals surface area contributed by atoms with Crippen molar-refractivity contribution >= 4 is 11.0 Å². The molecule has 0 fully saturated rings. The number of phenolic OH excluding ortho intramolecular Hbond substituents is 2. The summed E-state index contributed by atoms with van der Waals surface area (Å²) in [6, 6.07) is 9.30. The van der Waals surface area contributed by atoms with E-state index < -0.39 is 0 Å². The number of fused-ring (bicyclic) bond motifs is 1. The Morgan fingerprint density at radius 3 is 2.65 bits per heavy atom. The van der Waals surface area contributed by atoms with Crippen molar-refractivity contribution in [1.82, 2.24) is 5.16 Å². The Balaban J connectivity index is 2.22. The van der Waals surface area contributed by atoms with E-state index in [0.29, 0.717) is 27.8 Å². The van der Waals surface area contributed by atoms with Gasteiger partial charge < -0.3 is 14.7 Å². The van der Waals surface area contributed by atoms with Crippen LogP contribution < -0.4 is 0 Å². The van der Waals surface area contributed by atoms with Crippen molar-refractivity contribution in [1.29, 1.82) is 0 Å². The van der Waals surface area contributed by atoms with E-state index in [9.17, 15) is 15.1 Å². The van der Waals surface area contributed by atoms with Crippen LogP contribution in [0.5, 0.6) is 11.5 Å². The fourth-order valence-corrected chi connectivity index (χ4v) is 2.13. The number of nitroso groups, excluding NO2 is 1. The largest absolute Gasteiger partial charge is 0.508 e. The molecule has 6 heteroatoms. The molecule has 2 N–H and O–H groups in total. The molecule has 0 unspecified atom stereocenters. The minimum absolute atomic E-state index is 0.0536. The van der Waals surface area contributed by atoms with E-state index in [0.717, 1.165) is 0 Å². The Bertz CT molecular complexity index is 795. The predicted octanol–water partition coefficient (Wildman–Crippen LogP) is 3.17. The first-order valence-electron chi connectivity index (χ1n) is 5.89. The van der Waals surface area contributed by atoms with Crippen molar-refractivity contribution in [2.45, 2.75) is 6.54 Å². The molecule has 0 spiro atoms. The number of hydrogen-bond acceptors (Lipinski definition) is 6. The molecule has 0 radical (unpaired) electrons. The molecule has 3 aromatic rings. The summed E-state index contributed by atoms with van der Waals surface area (Å²) in [6.45, 7) is -0.0732. The maximum Gasteiger partial charge on any atom is 0.171 e. The Morgan fingerprint density at radius 2 is 1.85 bits per heavy atom. The first kappa shape index (κ1) is 12.2. The van der Waals surface area contributed by atoms with Crippen molar-refractivity contribution in [3.8, 4) is 22.8 Å². The first-order chi connectivity index (χ1) is 9.69. The molecule has 0 saturated carbocycles. The fraction of sp³-hybridized carbons (Fsp3) is 0.0714. The summed E-state index contributed by atoms with van der Waals surface area (Å²) >= 11 is 0. The van der Waals surface area contributed by atoms with Crippen LogP contribution in [0.3, 0.4) is 0 Å². The van der Waals surface area contributed by atoms with Crippen molar-refractivity contribution in [3.05, 3.63) is 46.9 Å². The van der Waals surface area contributed by atoms with Crippen LogP contribution in [0.4, 0.5) is 0 Å². The number of aromatic nitrogens is 1. The van der Waals surface area contributed by atoms with Crippen molar-refractivity contribution < 1.29 is 14.7 Å². The van der Waals surface area contributed by atoms with Gasteiger partial charge in [-0.3, -0.25) is 0 Å². The molecule has 20 heavy (non-hydrogen) atoms. The monoisotopic (exact) mass is 270 g/mol. The zero-order chi connectivity index (χ0) is 14.1. The number of rotatable bonds is 3. The fourth-order valence-electron chi connectivity index (χ4n) is 2.13. The molecule has 0 aliphatic heterocycles. The highest BCUT2D eigenvalue weighted by Crippen LogP contribution is 2.33. The number of benzene rings is 2. The van der Waals surface area contributed by atoms with Crippen LogP contribution in [0.25, 0.3) is 22.2 Å². The van der Waals surface area contributed by atoms with Crippen LogP contribution >= 0.6 is 0 Å². The lowest BCUT2D eigenvalue weighted by atomic mass is 10.0. The van der Waals surface area contributed by atoms with Gasteiger partial charge in [0.05, 0.1) is 0 Å². The van der Waals surface area contributed by atoms with Gasteiger partial charge in [-0.2, -0.15) is 4.91 Å². The molecular weight excluding hydrogens is 260 g/mol. The van der Waals surface area contributed by atoms with E-state index >= 15 is 0 Å². The van der Waals surface area contributed by atoms with E-state index in [2.05, 4.69) is 10.3 Å². The molecule has 3 rings (SSSR count). The minimum Gasteiger partial charge on any atom is -0.508 e. The smallest absolute Gasteiger partial charge is 0.171 e. The number of nitrogens with zero attached hydrogens (tertiary/aromatic N) is 2. The van der Waals surface area contributed by atoms with Crippen LogP contribution in [-0.2, 0) is 6.54 Å². The Morgan fingerprint density at radius 1 is 1.10 bits per heavy atom. The van der Waals surface area contributed by atoms with E-state index in [4.69, 9.17) is 4.52 Å². The van der Waals surface area contributed by atoms with Crippen LogP contribution in [0.15, 0.2) is 46.1 Å². The summed E-state index contributed by atoms with van der Waals surface area (Å²) in [5.41, 5.74) is 2.20. The molecule has 100 valence electrons. The molecular formula is C14H10N2O4. The van der Waals surface area contributed by atoms with Gasteiger partial charge in [0.15, 0.2) is 5.58 Å². The third-order valence-corrected chi connectivity index (χ3v) is 3.03. The third kappa shape index (κ3) is 1.97. The van der Waals surface area contributed by atoms with Crippen molar-refractivity contribution in [2.24, 2.45) is 5.18 Å². The molecule has 0 aliphatic rings. The Labute approximate surface area is 113 Å². The van der Waals surface area contributed by atoms with Gasteiger partial charge in [-0.1, -0.05) is 10.3 Å². The molecule has 0 aliphatic carbocycles. The quantitative estimate of drug-likeness (QED) is 0.712. The maximum atomic E-state index is 10.5. The number of phenols is 2. The van der Waals surface area contributed by atoms with Gasteiger partial charge in [0.1, 0.15) is 23.7 Å². The Hall–Kier alpha value is -2.89. The molecule has 1 heterocycles. The van der Waals surface area contributed by atoms with Crippen LogP contribution in [-0.4, -0.2) is 15.4 Å². The minimum atomic E-state index is -0.0732. The zero-order valence-electron chi connectivity index (χ0n) is 10.3. The van der Waals surface area contributed by atoms with Gasteiger partial charge in [0.2, 0.25) is 0 Å². The van der Waals surface area contributed by atoms with E-state index in [1.54, 1.807) is 12.1 Å². The second kappa shape index (κ2) is 4.65. The van der Waals surface area contributed by atoms with Gasteiger partial charge in [-0.25, -0.2) is 0 Å². The lowest BCUT2D eigenvalue weighted by molar-refractivity contribution is 0.451. The van der Waals surface area contributed by atoms with Gasteiger partial charge in [0, 0.05) is 17.0 Å². The standard InChI is InChI=1S/C14H10N2O4/c17-9-1-3-11(8(5-9)7-15-19)14-12-4-2-10(18)6-13(12)20-16-14/h1-6,17-18H,7H2. The summed E-state index contributed by atoms with van der Waals surface area (Å²) in [5, 5.41) is 26.4. The van der Waals surface area contributed by atoms with Gasteiger partial charge in [0.25, 0.3) is 0 Å². The lowest BCUT2D eigenvalue weighted by Gasteiger charge is -2.04. The lowest BCUT2D eigenvalue weighted by Crippen LogP contribution is -1.88. The van der Waals surface area contributed by atoms with Gasteiger partial charge in [-0.15, -0.1) is 0 Å². The Kier molecular flexibility index (Phi) is 2.83. The topological polar surface area (TPSA) is 95.9 Å². The molecule has 0 saturated heterocycles. The maximum absolute atomic E-state index is 10.5. The van der Waals surface area contributed by atoms with Crippen LogP contribution in [0.2, 0.25) is 0 Å². The summed E-state index contributed by atoms with van der Waals surface area (Å²) in [7, 11) is 0. The summed E-state index contributed by atoms with van der Waals surface area (Å²) in [6.07, 6.45) is 0. The van der Waals surface area contributed by atoms with Gasteiger partial charge >= 0.3 is 0 Å². The van der Waals surface area contributed by atoms with E-state index in [1.807, 2.05) is 0 Å².